The Labute approximate surface area is 223 Å². The molecule has 1 aliphatic carbocycles. The SMILES string of the molecule is CCC(=O)N1CCN(c2cc(C(=O)NCC(O)[C@@H]3Cc4ccc(O)cc4CN3)cc(NC3CCC3)n2)CC1. The van der Waals surface area contributed by atoms with Crippen LogP contribution in [-0.2, 0) is 17.8 Å². The van der Waals surface area contributed by atoms with Gasteiger partial charge in [-0.2, -0.15) is 0 Å². The first-order chi connectivity index (χ1) is 18.4. The Morgan fingerprint density at radius 3 is 2.63 bits per heavy atom. The van der Waals surface area contributed by atoms with E-state index in [1.165, 1.54) is 6.42 Å². The molecule has 10 nitrogen and oxygen atoms in total. The molecule has 2 amide bonds. The number of fused-ring (bicyclic) bond motifs is 1. The molecule has 2 atom stereocenters. The van der Waals surface area contributed by atoms with E-state index < -0.39 is 6.10 Å². The van der Waals surface area contributed by atoms with Gasteiger partial charge in [-0.3, -0.25) is 9.59 Å². The number of amides is 2. The molecule has 5 rings (SSSR count). The van der Waals surface area contributed by atoms with Gasteiger partial charge in [-0.25, -0.2) is 4.98 Å². The second-order valence-corrected chi connectivity index (χ2v) is 10.5. The van der Waals surface area contributed by atoms with Gasteiger partial charge in [0.1, 0.15) is 17.4 Å². The minimum atomic E-state index is -0.765. The molecule has 1 aromatic carbocycles. The number of aromatic nitrogens is 1. The zero-order valence-corrected chi connectivity index (χ0v) is 21.9. The molecule has 38 heavy (non-hydrogen) atoms. The van der Waals surface area contributed by atoms with Crippen molar-refractivity contribution in [3.05, 3.63) is 47.0 Å². The van der Waals surface area contributed by atoms with Crippen LogP contribution in [0.3, 0.4) is 0 Å². The Kier molecular flexibility index (Phi) is 7.99. The van der Waals surface area contributed by atoms with Gasteiger partial charge in [-0.1, -0.05) is 13.0 Å². The predicted molar refractivity (Wildman–Crippen MR) is 145 cm³/mol. The summed E-state index contributed by atoms with van der Waals surface area (Å²) < 4.78 is 0. The van der Waals surface area contributed by atoms with E-state index in [2.05, 4.69) is 20.9 Å². The summed E-state index contributed by atoms with van der Waals surface area (Å²) in [6, 6.07) is 9.04. The normalized spacial score (nSPS) is 20.3. The van der Waals surface area contributed by atoms with Crippen LogP contribution in [0.2, 0.25) is 0 Å². The quantitative estimate of drug-likeness (QED) is 0.354. The number of nitrogens with one attached hydrogen (secondary N) is 3. The smallest absolute Gasteiger partial charge is 0.251 e. The monoisotopic (exact) mass is 522 g/mol. The average Bonchev–Trinajstić information content (AvgIpc) is 2.92. The van der Waals surface area contributed by atoms with Crippen molar-refractivity contribution in [2.45, 2.75) is 63.8 Å². The number of hydrogen-bond donors (Lipinski definition) is 5. The highest BCUT2D eigenvalue weighted by atomic mass is 16.3. The number of carbonyl (C=O) groups is 2. The zero-order chi connectivity index (χ0) is 26.6. The molecule has 1 unspecified atom stereocenters. The van der Waals surface area contributed by atoms with E-state index in [0.29, 0.717) is 63.0 Å². The van der Waals surface area contributed by atoms with E-state index in [1.807, 2.05) is 17.9 Å². The molecule has 2 fully saturated rings. The number of rotatable bonds is 8. The van der Waals surface area contributed by atoms with Gasteiger partial charge in [0.25, 0.3) is 5.91 Å². The second-order valence-electron chi connectivity index (χ2n) is 10.5. The molecule has 1 saturated carbocycles. The predicted octanol–water partition coefficient (Wildman–Crippen LogP) is 1.62. The number of benzene rings is 1. The maximum atomic E-state index is 13.2. The molecule has 2 aromatic rings. The molecular weight excluding hydrogens is 484 g/mol. The van der Waals surface area contributed by atoms with Crippen LogP contribution in [-0.4, -0.2) is 82.8 Å². The molecule has 0 radical (unpaired) electrons. The fourth-order valence-electron chi connectivity index (χ4n) is 5.29. The van der Waals surface area contributed by atoms with Crippen LogP contribution < -0.4 is 20.9 Å². The molecular formula is C28H38N6O4. The lowest BCUT2D eigenvalue weighted by Crippen LogP contribution is -2.49. The molecule has 204 valence electrons. The Morgan fingerprint density at radius 1 is 1.13 bits per heavy atom. The minimum absolute atomic E-state index is 0.116. The van der Waals surface area contributed by atoms with E-state index in [9.17, 15) is 19.8 Å². The number of nitrogens with zero attached hydrogens (tertiary/aromatic N) is 3. The van der Waals surface area contributed by atoms with Crippen molar-refractivity contribution in [2.75, 3.05) is 42.9 Å². The Morgan fingerprint density at radius 2 is 1.92 bits per heavy atom. The third-order valence-corrected chi connectivity index (χ3v) is 7.91. The molecule has 1 aromatic heterocycles. The number of carbonyl (C=O) groups excluding carboxylic acids is 2. The van der Waals surface area contributed by atoms with Gasteiger partial charge in [-0.15, -0.1) is 0 Å². The fourth-order valence-corrected chi connectivity index (χ4v) is 5.29. The number of pyridine rings is 1. The maximum absolute atomic E-state index is 13.2. The van der Waals surface area contributed by atoms with Gasteiger partial charge in [0, 0.05) is 63.3 Å². The first-order valence-electron chi connectivity index (χ1n) is 13.7. The van der Waals surface area contributed by atoms with Gasteiger partial charge in [-0.05, 0) is 61.1 Å². The van der Waals surface area contributed by atoms with Gasteiger partial charge in [0.2, 0.25) is 5.91 Å². The highest BCUT2D eigenvalue weighted by Crippen LogP contribution is 2.26. The van der Waals surface area contributed by atoms with Crippen LogP contribution in [0.4, 0.5) is 11.6 Å². The topological polar surface area (TPSA) is 130 Å². The van der Waals surface area contributed by atoms with Crippen LogP contribution in [0.5, 0.6) is 5.75 Å². The second kappa shape index (κ2) is 11.6. The number of hydrogen-bond acceptors (Lipinski definition) is 8. The van der Waals surface area contributed by atoms with Crippen molar-refractivity contribution in [3.63, 3.8) is 0 Å². The van der Waals surface area contributed by atoms with Crippen molar-refractivity contribution in [2.24, 2.45) is 0 Å². The van der Waals surface area contributed by atoms with Crippen molar-refractivity contribution < 1.29 is 19.8 Å². The lowest BCUT2D eigenvalue weighted by molar-refractivity contribution is -0.131. The summed E-state index contributed by atoms with van der Waals surface area (Å²) in [6.45, 7) is 5.16. The van der Waals surface area contributed by atoms with Crippen LogP contribution >= 0.6 is 0 Å². The lowest BCUT2D eigenvalue weighted by atomic mass is 9.92. The first-order valence-corrected chi connectivity index (χ1v) is 13.7. The number of phenolic OH excluding ortho intramolecular Hbond substituents is 1. The highest BCUT2D eigenvalue weighted by molar-refractivity contribution is 5.95. The van der Waals surface area contributed by atoms with Crippen LogP contribution in [0, 0.1) is 0 Å². The lowest BCUT2D eigenvalue weighted by Gasteiger charge is -2.36. The molecule has 5 N–H and O–H groups in total. The van der Waals surface area contributed by atoms with E-state index in [-0.39, 0.29) is 30.2 Å². The Bertz CT molecular complexity index is 1160. The Balaban J connectivity index is 1.23. The van der Waals surface area contributed by atoms with E-state index >= 15 is 0 Å². The average molecular weight is 523 g/mol. The summed E-state index contributed by atoms with van der Waals surface area (Å²) in [6.07, 6.45) is 3.73. The van der Waals surface area contributed by atoms with E-state index in [4.69, 9.17) is 4.98 Å². The number of phenols is 1. The highest BCUT2D eigenvalue weighted by Gasteiger charge is 2.27. The van der Waals surface area contributed by atoms with Gasteiger partial charge in [0.05, 0.1) is 6.10 Å². The van der Waals surface area contributed by atoms with Crippen molar-refractivity contribution in [1.82, 2.24) is 20.5 Å². The molecule has 0 spiro atoms. The molecule has 2 aliphatic heterocycles. The maximum Gasteiger partial charge on any atom is 0.251 e. The van der Waals surface area contributed by atoms with Crippen molar-refractivity contribution in [1.29, 1.82) is 0 Å². The van der Waals surface area contributed by atoms with E-state index in [0.717, 1.165) is 29.8 Å². The number of piperazine rings is 1. The van der Waals surface area contributed by atoms with Gasteiger partial charge >= 0.3 is 0 Å². The van der Waals surface area contributed by atoms with Crippen LogP contribution in [0.1, 0.15) is 54.1 Å². The Hall–Kier alpha value is -3.37. The third kappa shape index (κ3) is 6.02. The number of aliphatic hydroxyl groups excluding tert-OH is 1. The number of aromatic hydroxyl groups is 1. The third-order valence-electron chi connectivity index (χ3n) is 7.91. The summed E-state index contributed by atoms with van der Waals surface area (Å²) in [5, 5.41) is 30.2. The summed E-state index contributed by atoms with van der Waals surface area (Å²) >= 11 is 0. The van der Waals surface area contributed by atoms with Gasteiger partial charge in [0.15, 0.2) is 0 Å². The van der Waals surface area contributed by atoms with Crippen LogP contribution in [0.15, 0.2) is 30.3 Å². The fraction of sp³-hybridized carbons (Fsp3) is 0.536. The minimum Gasteiger partial charge on any atom is -0.508 e. The molecule has 0 bridgehead atoms. The molecule has 3 aliphatic rings. The standard InChI is InChI=1S/C28H38N6O4/c1-2-27(37)34-10-8-33(9-11-34)26-15-19(14-25(32-26)31-21-4-3-5-21)28(38)30-17-24(36)23-13-18-6-7-22(35)12-20(18)16-29-23/h6-7,12,14-15,21,23-24,29,35-36H,2-5,8-11,13,16-17H2,1H3,(H,30,38)(H,31,32)/t23-,24?/m0/s1. The first kappa shape index (κ1) is 26.2. The summed E-state index contributed by atoms with van der Waals surface area (Å²) in [5.41, 5.74) is 2.60. The summed E-state index contributed by atoms with van der Waals surface area (Å²) in [4.78, 5) is 34.1. The van der Waals surface area contributed by atoms with Gasteiger partial charge < -0.3 is 36.0 Å². The molecule has 1 saturated heterocycles. The van der Waals surface area contributed by atoms with Crippen molar-refractivity contribution in [3.8, 4) is 5.75 Å². The number of anilines is 2. The molecule has 10 heteroatoms. The van der Waals surface area contributed by atoms with Crippen LogP contribution in [0.25, 0.3) is 0 Å². The largest absolute Gasteiger partial charge is 0.508 e. The van der Waals surface area contributed by atoms with Crippen molar-refractivity contribution >= 4 is 23.5 Å². The zero-order valence-electron chi connectivity index (χ0n) is 21.9. The van der Waals surface area contributed by atoms with E-state index in [1.54, 1.807) is 24.3 Å². The summed E-state index contributed by atoms with van der Waals surface area (Å²) in [5.74, 6) is 1.53. The summed E-state index contributed by atoms with van der Waals surface area (Å²) in [7, 11) is 0. The number of aliphatic hydroxyl groups is 1. The molecule has 3 heterocycles.